The van der Waals surface area contributed by atoms with Crippen LogP contribution in [-0.2, 0) is 33.3 Å². The Labute approximate surface area is 192 Å². The molecule has 3 aromatic rings. The molecule has 0 saturated heterocycles. The van der Waals surface area contributed by atoms with Crippen molar-refractivity contribution in [3.63, 3.8) is 0 Å². The van der Waals surface area contributed by atoms with Crippen LogP contribution >= 0.6 is 11.6 Å². The molecule has 0 unspecified atom stereocenters. The zero-order valence-electron chi connectivity index (χ0n) is 17.8. The Hall–Kier alpha value is -2.42. The lowest BCUT2D eigenvalue weighted by molar-refractivity contribution is -0.120. The first-order chi connectivity index (χ1) is 15.3. The molecule has 1 spiro atoms. The molecule has 5 rings (SSSR count). The highest BCUT2D eigenvalue weighted by molar-refractivity contribution is 7.89. The van der Waals surface area contributed by atoms with Crippen molar-refractivity contribution in [3.8, 4) is 0 Å². The number of nitrogens with one attached hydrogen (secondary N) is 1. The maximum atomic E-state index is 13.3. The third-order valence-electron chi connectivity index (χ3n) is 6.54. The summed E-state index contributed by atoms with van der Waals surface area (Å²) < 4.78 is 28.3. The quantitative estimate of drug-likeness (QED) is 0.508. The Morgan fingerprint density at radius 2 is 2.03 bits per heavy atom. The summed E-state index contributed by atoms with van der Waals surface area (Å²) in [6, 6.07) is 9.78. The van der Waals surface area contributed by atoms with Crippen LogP contribution in [0.15, 0.2) is 42.7 Å². The number of anilines is 1. The van der Waals surface area contributed by atoms with E-state index in [9.17, 15) is 13.2 Å². The van der Waals surface area contributed by atoms with Crippen LogP contribution in [0, 0.1) is 0 Å². The molecule has 1 N–H and O–H groups in total. The van der Waals surface area contributed by atoms with Gasteiger partial charge in [0.2, 0.25) is 15.9 Å². The predicted molar refractivity (Wildman–Crippen MR) is 125 cm³/mol. The average molecular weight is 473 g/mol. The lowest BCUT2D eigenvalue weighted by Crippen LogP contribution is -2.32. The highest BCUT2D eigenvalue weighted by atomic mass is 35.5. The van der Waals surface area contributed by atoms with E-state index in [1.165, 1.54) is 0 Å². The Morgan fingerprint density at radius 3 is 2.78 bits per heavy atom. The minimum absolute atomic E-state index is 0.0649. The number of aryl methyl sites for hydroxylation is 1. The Balaban J connectivity index is 1.45. The van der Waals surface area contributed by atoms with E-state index in [1.807, 2.05) is 29.2 Å². The van der Waals surface area contributed by atoms with Gasteiger partial charge in [-0.05, 0) is 62.1 Å². The SMILES string of the molecule is CCS(=O)(=O)NCCCn1c(CN2C(=O)C3(CC3)c3ccncc32)cc2cc(Cl)ccc21. The van der Waals surface area contributed by atoms with Crippen molar-refractivity contribution in [2.45, 2.75) is 44.7 Å². The number of nitrogens with zero attached hydrogens (tertiary/aromatic N) is 3. The average Bonchev–Trinajstić information content (AvgIpc) is 3.47. The van der Waals surface area contributed by atoms with Gasteiger partial charge in [-0.1, -0.05) is 11.6 Å². The summed E-state index contributed by atoms with van der Waals surface area (Å²) in [7, 11) is -3.22. The highest BCUT2D eigenvalue weighted by Crippen LogP contribution is 2.57. The van der Waals surface area contributed by atoms with Crippen LogP contribution < -0.4 is 9.62 Å². The van der Waals surface area contributed by atoms with E-state index in [0.717, 1.165) is 40.7 Å². The third-order valence-corrected chi connectivity index (χ3v) is 8.18. The van der Waals surface area contributed by atoms with Crippen molar-refractivity contribution in [2.75, 3.05) is 17.2 Å². The molecule has 3 heterocycles. The number of benzene rings is 1. The van der Waals surface area contributed by atoms with Crippen LogP contribution in [-0.4, -0.2) is 36.2 Å². The fourth-order valence-corrected chi connectivity index (χ4v) is 5.52. The van der Waals surface area contributed by atoms with Gasteiger partial charge in [-0.3, -0.25) is 9.78 Å². The van der Waals surface area contributed by atoms with Crippen LogP contribution in [0.4, 0.5) is 5.69 Å². The number of carbonyl (C=O) groups excluding carboxylic acids is 1. The predicted octanol–water partition coefficient (Wildman–Crippen LogP) is 3.60. The van der Waals surface area contributed by atoms with Crippen LogP contribution in [0.2, 0.25) is 5.02 Å². The molecule has 1 amide bonds. The zero-order valence-corrected chi connectivity index (χ0v) is 19.4. The van der Waals surface area contributed by atoms with Crippen molar-refractivity contribution in [2.24, 2.45) is 0 Å². The largest absolute Gasteiger partial charge is 0.343 e. The molecule has 2 aromatic heterocycles. The van der Waals surface area contributed by atoms with Gasteiger partial charge in [-0.15, -0.1) is 0 Å². The molecule has 1 aromatic carbocycles. The summed E-state index contributed by atoms with van der Waals surface area (Å²) in [5, 5.41) is 1.65. The van der Waals surface area contributed by atoms with Gasteiger partial charge in [0.15, 0.2) is 0 Å². The second kappa shape index (κ2) is 7.86. The minimum atomic E-state index is -3.22. The van der Waals surface area contributed by atoms with Crippen molar-refractivity contribution in [1.29, 1.82) is 0 Å². The third kappa shape index (κ3) is 3.60. The lowest BCUT2D eigenvalue weighted by atomic mass is 9.99. The Kier molecular flexibility index (Phi) is 5.27. The van der Waals surface area contributed by atoms with Crippen molar-refractivity contribution in [3.05, 3.63) is 59.0 Å². The Bertz CT molecular complexity index is 1310. The number of aromatic nitrogens is 2. The van der Waals surface area contributed by atoms with E-state index in [0.29, 0.717) is 31.1 Å². The van der Waals surface area contributed by atoms with Crippen LogP contribution in [0.25, 0.3) is 10.9 Å². The van der Waals surface area contributed by atoms with Gasteiger partial charge in [0, 0.05) is 40.9 Å². The molecule has 2 aliphatic rings. The van der Waals surface area contributed by atoms with Crippen LogP contribution in [0.3, 0.4) is 0 Å². The summed E-state index contributed by atoms with van der Waals surface area (Å²) in [5.41, 5.74) is 3.61. The smallest absolute Gasteiger partial charge is 0.238 e. The van der Waals surface area contributed by atoms with Crippen molar-refractivity contribution < 1.29 is 13.2 Å². The number of fused-ring (bicyclic) bond motifs is 3. The number of sulfonamides is 1. The first kappa shape index (κ1) is 21.4. The standard InChI is InChI=1S/C23H25ClN4O3S/c1-2-32(30,31)26-9-3-11-27-18(13-16-12-17(24)4-5-20(16)27)15-28-21-14-25-10-6-19(21)23(7-8-23)22(28)29/h4-6,10,12-14,26H,2-3,7-9,11,15H2,1H3. The normalized spacial score (nSPS) is 16.8. The van der Waals surface area contributed by atoms with Gasteiger partial charge in [0.25, 0.3) is 0 Å². The van der Waals surface area contributed by atoms with Gasteiger partial charge in [-0.25, -0.2) is 13.1 Å². The van der Waals surface area contributed by atoms with E-state index in [2.05, 4.69) is 20.3 Å². The second-order valence-corrected chi connectivity index (χ2v) is 11.0. The fourth-order valence-electron chi connectivity index (χ4n) is 4.68. The highest BCUT2D eigenvalue weighted by Gasteiger charge is 2.59. The fraction of sp³-hybridized carbons (Fsp3) is 0.391. The molecule has 0 bridgehead atoms. The number of amides is 1. The first-order valence-electron chi connectivity index (χ1n) is 10.9. The van der Waals surface area contributed by atoms with E-state index in [1.54, 1.807) is 19.3 Å². The van der Waals surface area contributed by atoms with Gasteiger partial charge >= 0.3 is 0 Å². The maximum Gasteiger partial charge on any atom is 0.238 e. The van der Waals surface area contributed by atoms with Crippen LogP contribution in [0.1, 0.15) is 37.4 Å². The van der Waals surface area contributed by atoms with E-state index >= 15 is 0 Å². The van der Waals surface area contributed by atoms with Gasteiger partial charge in [-0.2, -0.15) is 0 Å². The molecule has 0 radical (unpaired) electrons. The number of pyridine rings is 1. The lowest BCUT2D eigenvalue weighted by Gasteiger charge is -2.20. The number of hydrogen-bond donors (Lipinski definition) is 1. The van der Waals surface area contributed by atoms with Crippen molar-refractivity contribution >= 4 is 44.1 Å². The number of halogens is 1. The maximum absolute atomic E-state index is 13.3. The van der Waals surface area contributed by atoms with Crippen LogP contribution in [0.5, 0.6) is 0 Å². The molecular weight excluding hydrogens is 448 g/mol. The molecule has 9 heteroatoms. The van der Waals surface area contributed by atoms with E-state index < -0.39 is 10.0 Å². The first-order valence-corrected chi connectivity index (χ1v) is 12.9. The summed E-state index contributed by atoms with van der Waals surface area (Å²) in [6.45, 7) is 3.05. The second-order valence-electron chi connectivity index (χ2n) is 8.51. The summed E-state index contributed by atoms with van der Waals surface area (Å²) in [6.07, 6.45) is 5.94. The molecule has 0 atom stereocenters. The van der Waals surface area contributed by atoms with Crippen molar-refractivity contribution in [1.82, 2.24) is 14.3 Å². The molecule has 32 heavy (non-hydrogen) atoms. The summed E-state index contributed by atoms with van der Waals surface area (Å²) in [5.74, 6) is 0.209. The monoisotopic (exact) mass is 472 g/mol. The number of carbonyl (C=O) groups is 1. The minimum Gasteiger partial charge on any atom is -0.343 e. The molecular formula is C23H25ClN4O3S. The number of hydrogen-bond acceptors (Lipinski definition) is 4. The molecule has 1 aliphatic carbocycles. The molecule has 168 valence electrons. The van der Waals surface area contributed by atoms with Gasteiger partial charge in [0.05, 0.1) is 29.6 Å². The van der Waals surface area contributed by atoms with Gasteiger partial charge < -0.3 is 9.47 Å². The molecule has 7 nitrogen and oxygen atoms in total. The van der Waals surface area contributed by atoms with E-state index in [-0.39, 0.29) is 17.1 Å². The molecule has 1 saturated carbocycles. The zero-order chi connectivity index (χ0) is 22.5. The topological polar surface area (TPSA) is 84.3 Å². The van der Waals surface area contributed by atoms with Gasteiger partial charge in [0.1, 0.15) is 0 Å². The van der Waals surface area contributed by atoms with E-state index in [4.69, 9.17) is 11.6 Å². The summed E-state index contributed by atoms with van der Waals surface area (Å²) >= 11 is 6.22. The number of rotatable bonds is 8. The molecule has 1 aliphatic heterocycles. The Morgan fingerprint density at radius 1 is 1.22 bits per heavy atom. The molecule has 1 fully saturated rings. The summed E-state index contributed by atoms with van der Waals surface area (Å²) in [4.78, 5) is 19.4.